The fourth-order valence-electron chi connectivity index (χ4n) is 1.97. The highest BCUT2D eigenvalue weighted by atomic mass is 127. The number of aliphatic hydroxyl groups excluding tert-OH is 1. The Balaban J connectivity index is 2.08. The van der Waals surface area contributed by atoms with Gasteiger partial charge in [-0.2, -0.15) is 5.10 Å². The van der Waals surface area contributed by atoms with Crippen molar-refractivity contribution in [1.82, 2.24) is 9.78 Å². The summed E-state index contributed by atoms with van der Waals surface area (Å²) in [4.78, 5) is 0. The Morgan fingerprint density at radius 3 is 2.57 bits per heavy atom. The Hall–Kier alpha value is -0.100. The van der Waals surface area contributed by atoms with Crippen molar-refractivity contribution in [3.8, 4) is 0 Å². The van der Waals surface area contributed by atoms with Gasteiger partial charge in [0.15, 0.2) is 0 Å². The topological polar surface area (TPSA) is 38.0 Å². The van der Waals surface area contributed by atoms with Crippen molar-refractivity contribution in [2.75, 3.05) is 0 Å². The van der Waals surface area contributed by atoms with E-state index in [1.807, 2.05) is 6.92 Å². The maximum atomic E-state index is 9.40. The number of rotatable bonds is 1. The van der Waals surface area contributed by atoms with Gasteiger partial charge in [-0.3, -0.25) is 4.68 Å². The van der Waals surface area contributed by atoms with Crippen molar-refractivity contribution in [2.24, 2.45) is 0 Å². The van der Waals surface area contributed by atoms with Gasteiger partial charge in [0, 0.05) is 6.20 Å². The van der Waals surface area contributed by atoms with E-state index in [4.69, 9.17) is 0 Å². The van der Waals surface area contributed by atoms with Gasteiger partial charge < -0.3 is 5.11 Å². The molecule has 1 N–H and O–H groups in total. The highest BCUT2D eigenvalue weighted by Crippen LogP contribution is 2.28. The zero-order valence-corrected chi connectivity index (χ0v) is 10.4. The van der Waals surface area contributed by atoms with Crippen LogP contribution in [0.3, 0.4) is 0 Å². The van der Waals surface area contributed by atoms with Crippen molar-refractivity contribution in [1.29, 1.82) is 0 Å². The first-order valence-electron chi connectivity index (χ1n) is 5.06. The molecule has 0 aliphatic heterocycles. The van der Waals surface area contributed by atoms with Crippen LogP contribution >= 0.6 is 22.6 Å². The molecule has 0 amide bonds. The molecule has 1 fully saturated rings. The predicted octanol–water partition coefficient (Wildman–Crippen LogP) is 2.27. The van der Waals surface area contributed by atoms with E-state index in [1.54, 1.807) is 0 Å². The van der Waals surface area contributed by atoms with E-state index in [-0.39, 0.29) is 6.10 Å². The van der Waals surface area contributed by atoms with Gasteiger partial charge >= 0.3 is 0 Å². The molecule has 1 aliphatic carbocycles. The summed E-state index contributed by atoms with van der Waals surface area (Å²) in [5, 5.41) is 13.9. The standard InChI is InChI=1S/C10H15IN2O/c1-7-10(11)6-13(12-7)8-2-4-9(14)5-3-8/h6,8-9,14H,2-5H2,1H3. The van der Waals surface area contributed by atoms with Gasteiger partial charge in [0.05, 0.1) is 21.4 Å². The molecule has 0 unspecified atom stereocenters. The predicted molar refractivity (Wildman–Crippen MR) is 63.2 cm³/mol. The largest absolute Gasteiger partial charge is 0.393 e. The summed E-state index contributed by atoms with van der Waals surface area (Å²) < 4.78 is 3.30. The molecule has 2 rings (SSSR count). The quantitative estimate of drug-likeness (QED) is 0.808. The first kappa shape index (κ1) is 10.4. The minimum Gasteiger partial charge on any atom is -0.393 e. The maximum Gasteiger partial charge on any atom is 0.0727 e. The highest BCUT2D eigenvalue weighted by molar-refractivity contribution is 14.1. The highest BCUT2D eigenvalue weighted by Gasteiger charge is 2.21. The van der Waals surface area contributed by atoms with Crippen molar-refractivity contribution < 1.29 is 5.11 Å². The molecule has 1 aliphatic rings. The fraction of sp³-hybridized carbons (Fsp3) is 0.700. The Morgan fingerprint density at radius 2 is 2.07 bits per heavy atom. The number of aliphatic hydroxyl groups is 1. The van der Waals surface area contributed by atoms with Crippen LogP contribution < -0.4 is 0 Å². The normalized spacial score (nSPS) is 27.9. The van der Waals surface area contributed by atoms with Crippen LogP contribution in [0.15, 0.2) is 6.20 Å². The van der Waals surface area contributed by atoms with Crippen molar-refractivity contribution in [3.63, 3.8) is 0 Å². The summed E-state index contributed by atoms with van der Waals surface area (Å²) in [5.41, 5.74) is 1.11. The van der Waals surface area contributed by atoms with Gasteiger partial charge in [-0.05, 0) is 55.2 Å². The lowest BCUT2D eigenvalue weighted by molar-refractivity contribution is 0.108. The third-order valence-electron chi connectivity index (χ3n) is 2.90. The number of hydrogen-bond donors (Lipinski definition) is 1. The first-order chi connectivity index (χ1) is 6.66. The Morgan fingerprint density at radius 1 is 1.43 bits per heavy atom. The van der Waals surface area contributed by atoms with E-state index in [2.05, 4.69) is 38.6 Å². The summed E-state index contributed by atoms with van der Waals surface area (Å²) >= 11 is 2.31. The zero-order valence-electron chi connectivity index (χ0n) is 8.28. The van der Waals surface area contributed by atoms with Crippen LogP contribution in [-0.2, 0) is 0 Å². The molecule has 0 aromatic carbocycles. The number of hydrogen-bond acceptors (Lipinski definition) is 2. The lowest BCUT2D eigenvalue weighted by Crippen LogP contribution is -2.21. The first-order valence-corrected chi connectivity index (χ1v) is 6.14. The number of halogens is 1. The molecule has 0 atom stereocenters. The van der Waals surface area contributed by atoms with E-state index in [9.17, 15) is 5.11 Å². The molecule has 0 radical (unpaired) electrons. The van der Waals surface area contributed by atoms with Crippen molar-refractivity contribution >= 4 is 22.6 Å². The van der Waals surface area contributed by atoms with E-state index in [1.165, 1.54) is 3.57 Å². The van der Waals surface area contributed by atoms with Crippen LogP contribution in [0.5, 0.6) is 0 Å². The lowest BCUT2D eigenvalue weighted by Gasteiger charge is -2.25. The van der Waals surface area contributed by atoms with Crippen LogP contribution in [-0.4, -0.2) is 21.0 Å². The minimum absolute atomic E-state index is 0.0815. The second kappa shape index (κ2) is 4.18. The Kier molecular flexibility index (Phi) is 3.11. The molecule has 0 bridgehead atoms. The van der Waals surface area contributed by atoms with E-state index < -0.39 is 0 Å². The van der Waals surface area contributed by atoms with E-state index in [0.29, 0.717) is 6.04 Å². The fourth-order valence-corrected chi connectivity index (χ4v) is 2.36. The summed E-state index contributed by atoms with van der Waals surface area (Å²) in [6.07, 6.45) is 5.97. The van der Waals surface area contributed by atoms with Gasteiger partial charge in [-0.25, -0.2) is 0 Å². The molecular formula is C10H15IN2O. The van der Waals surface area contributed by atoms with Crippen LogP contribution in [0.25, 0.3) is 0 Å². The Labute approximate surface area is 97.6 Å². The molecule has 3 nitrogen and oxygen atoms in total. The monoisotopic (exact) mass is 306 g/mol. The van der Waals surface area contributed by atoms with Crippen LogP contribution in [0.4, 0.5) is 0 Å². The molecule has 0 spiro atoms. The number of aromatic nitrogens is 2. The third kappa shape index (κ3) is 2.11. The summed E-state index contributed by atoms with van der Waals surface area (Å²) in [6.45, 7) is 2.04. The van der Waals surface area contributed by atoms with Gasteiger partial charge in [-0.1, -0.05) is 0 Å². The molecule has 4 heteroatoms. The van der Waals surface area contributed by atoms with Gasteiger partial charge in [-0.15, -0.1) is 0 Å². The second-order valence-electron chi connectivity index (χ2n) is 4.00. The van der Waals surface area contributed by atoms with Crippen LogP contribution in [0, 0.1) is 10.5 Å². The molecule has 1 aromatic heterocycles. The lowest BCUT2D eigenvalue weighted by atomic mass is 9.93. The van der Waals surface area contributed by atoms with Gasteiger partial charge in [0.1, 0.15) is 0 Å². The maximum absolute atomic E-state index is 9.40. The average molecular weight is 306 g/mol. The van der Waals surface area contributed by atoms with E-state index >= 15 is 0 Å². The molecule has 0 saturated heterocycles. The summed E-state index contributed by atoms with van der Waals surface area (Å²) in [6, 6.07) is 0.501. The third-order valence-corrected chi connectivity index (χ3v) is 3.96. The molecule has 1 aromatic rings. The SMILES string of the molecule is Cc1nn(C2CCC(O)CC2)cc1I. The average Bonchev–Trinajstić information content (AvgIpc) is 2.48. The van der Waals surface area contributed by atoms with Crippen LogP contribution in [0.1, 0.15) is 37.4 Å². The minimum atomic E-state index is -0.0815. The zero-order chi connectivity index (χ0) is 10.1. The molecule has 78 valence electrons. The summed E-state index contributed by atoms with van der Waals surface area (Å²) in [5.74, 6) is 0. The smallest absolute Gasteiger partial charge is 0.0727 e. The molecule has 1 heterocycles. The Bertz CT molecular complexity index is 296. The summed E-state index contributed by atoms with van der Waals surface area (Å²) in [7, 11) is 0. The number of nitrogens with zero attached hydrogens (tertiary/aromatic N) is 2. The van der Waals surface area contributed by atoms with Crippen LogP contribution in [0.2, 0.25) is 0 Å². The second-order valence-corrected chi connectivity index (χ2v) is 5.17. The molecule has 14 heavy (non-hydrogen) atoms. The van der Waals surface area contributed by atoms with Gasteiger partial charge in [0.2, 0.25) is 0 Å². The van der Waals surface area contributed by atoms with Gasteiger partial charge in [0.25, 0.3) is 0 Å². The molecule has 1 saturated carbocycles. The van der Waals surface area contributed by atoms with Crippen molar-refractivity contribution in [3.05, 3.63) is 15.5 Å². The van der Waals surface area contributed by atoms with E-state index in [0.717, 1.165) is 31.4 Å². The molecular weight excluding hydrogens is 291 g/mol. The number of aryl methyl sites for hydroxylation is 1. The van der Waals surface area contributed by atoms with Crippen molar-refractivity contribution in [2.45, 2.75) is 44.8 Å².